The first-order valence-electron chi connectivity index (χ1n) is 7.97. The Labute approximate surface area is 154 Å². The Balaban J connectivity index is 1.88. The minimum Gasteiger partial charge on any atom is -0.327 e. The van der Waals surface area contributed by atoms with Crippen molar-refractivity contribution in [1.29, 1.82) is 0 Å². The van der Waals surface area contributed by atoms with E-state index in [0.717, 1.165) is 5.06 Å². The van der Waals surface area contributed by atoms with Gasteiger partial charge in [0, 0.05) is 17.7 Å². The van der Waals surface area contributed by atoms with Crippen molar-refractivity contribution in [3.05, 3.63) is 106 Å². The van der Waals surface area contributed by atoms with Crippen LogP contribution < -0.4 is 5.06 Å². The van der Waals surface area contributed by atoms with E-state index in [1.54, 1.807) is 60.7 Å². The van der Waals surface area contributed by atoms with Crippen LogP contribution in [0.15, 0.2) is 84.9 Å². The highest BCUT2D eigenvalue weighted by Crippen LogP contribution is 2.20. The maximum atomic E-state index is 12.8. The summed E-state index contributed by atoms with van der Waals surface area (Å²) in [5, 5.41) is 11.6. The first-order valence-corrected chi connectivity index (χ1v) is 7.97. The number of nitro groups is 1. The number of rotatable bonds is 4. The van der Waals surface area contributed by atoms with Gasteiger partial charge in [0.2, 0.25) is 0 Å². The van der Waals surface area contributed by atoms with Crippen molar-refractivity contribution in [3.8, 4) is 0 Å². The maximum Gasteiger partial charge on any atom is 0.363 e. The smallest absolute Gasteiger partial charge is 0.327 e. The molecule has 0 bridgehead atoms. The zero-order valence-corrected chi connectivity index (χ0v) is 14.0. The van der Waals surface area contributed by atoms with Crippen molar-refractivity contribution >= 4 is 23.3 Å². The molecule has 7 nitrogen and oxygen atoms in total. The molecule has 0 radical (unpaired) electrons. The molecule has 0 atom stereocenters. The highest BCUT2D eigenvalue weighted by atomic mass is 16.7. The van der Waals surface area contributed by atoms with Gasteiger partial charge < -0.3 is 4.84 Å². The molecule has 7 heteroatoms. The molecular weight excluding hydrogens is 348 g/mol. The van der Waals surface area contributed by atoms with Gasteiger partial charge in [0.15, 0.2) is 0 Å². The lowest BCUT2D eigenvalue weighted by Gasteiger charge is -2.21. The highest BCUT2D eigenvalue weighted by Gasteiger charge is 2.23. The Hall–Kier alpha value is -4.00. The molecule has 0 N–H and O–H groups in total. The van der Waals surface area contributed by atoms with Gasteiger partial charge in [-0.1, -0.05) is 36.4 Å². The summed E-state index contributed by atoms with van der Waals surface area (Å²) < 4.78 is 0. The zero-order chi connectivity index (χ0) is 19.2. The normalized spacial score (nSPS) is 10.1. The van der Waals surface area contributed by atoms with E-state index in [2.05, 4.69) is 0 Å². The number of anilines is 1. The SMILES string of the molecule is O=C(ON(C(=O)c1ccccc1)c1ccccc1)c1ccc([N+](=O)[O-])cc1. The third-order valence-corrected chi connectivity index (χ3v) is 3.68. The second-order valence-corrected chi connectivity index (χ2v) is 5.48. The Morgan fingerprint density at radius 3 is 1.89 bits per heavy atom. The topological polar surface area (TPSA) is 89.8 Å². The third-order valence-electron chi connectivity index (χ3n) is 3.68. The zero-order valence-electron chi connectivity index (χ0n) is 14.0. The summed E-state index contributed by atoms with van der Waals surface area (Å²) in [6, 6.07) is 21.8. The van der Waals surface area contributed by atoms with Gasteiger partial charge in [0.05, 0.1) is 16.2 Å². The average Bonchev–Trinajstić information content (AvgIpc) is 2.72. The van der Waals surface area contributed by atoms with Gasteiger partial charge in [0.1, 0.15) is 0 Å². The van der Waals surface area contributed by atoms with Crippen LogP contribution >= 0.6 is 0 Å². The van der Waals surface area contributed by atoms with Gasteiger partial charge in [-0.25, -0.2) is 4.79 Å². The van der Waals surface area contributed by atoms with Gasteiger partial charge in [-0.2, -0.15) is 0 Å². The largest absolute Gasteiger partial charge is 0.363 e. The Kier molecular flexibility index (Phi) is 5.22. The van der Waals surface area contributed by atoms with Crippen LogP contribution in [0.3, 0.4) is 0 Å². The van der Waals surface area contributed by atoms with Crippen LogP contribution in [0.4, 0.5) is 11.4 Å². The van der Waals surface area contributed by atoms with E-state index in [4.69, 9.17) is 4.84 Å². The Morgan fingerprint density at radius 1 is 0.778 bits per heavy atom. The first kappa shape index (κ1) is 17.8. The van der Waals surface area contributed by atoms with Crippen LogP contribution in [0.5, 0.6) is 0 Å². The molecule has 134 valence electrons. The molecule has 3 aromatic rings. The van der Waals surface area contributed by atoms with E-state index in [-0.39, 0.29) is 11.3 Å². The number of carbonyl (C=O) groups excluding carboxylic acids is 2. The summed E-state index contributed by atoms with van der Waals surface area (Å²) in [6.45, 7) is 0. The number of carbonyl (C=O) groups is 2. The van der Waals surface area contributed by atoms with Crippen LogP contribution in [0.1, 0.15) is 20.7 Å². The minimum absolute atomic E-state index is 0.0855. The third kappa shape index (κ3) is 4.16. The Morgan fingerprint density at radius 2 is 1.33 bits per heavy atom. The fourth-order valence-corrected chi connectivity index (χ4v) is 2.33. The van der Waals surface area contributed by atoms with E-state index in [0.29, 0.717) is 11.3 Å². The molecule has 0 aliphatic carbocycles. The second-order valence-electron chi connectivity index (χ2n) is 5.48. The molecule has 0 fully saturated rings. The standard InChI is InChI=1S/C20H14N2O5/c23-19(15-7-3-1-4-8-15)21(17-9-5-2-6-10-17)27-20(24)16-11-13-18(14-12-16)22(25)26/h1-14H. The monoisotopic (exact) mass is 362 g/mol. The molecule has 0 unspecified atom stereocenters. The molecule has 0 aromatic heterocycles. The van der Waals surface area contributed by atoms with Crippen molar-refractivity contribution < 1.29 is 19.3 Å². The van der Waals surface area contributed by atoms with Crippen molar-refractivity contribution in [2.45, 2.75) is 0 Å². The summed E-state index contributed by atoms with van der Waals surface area (Å²) in [6.07, 6.45) is 0. The number of hydrogen-bond donors (Lipinski definition) is 0. The molecule has 0 saturated carbocycles. The van der Waals surface area contributed by atoms with Crippen molar-refractivity contribution in [2.75, 3.05) is 5.06 Å². The van der Waals surface area contributed by atoms with Gasteiger partial charge >= 0.3 is 5.97 Å². The van der Waals surface area contributed by atoms with Gasteiger partial charge in [0.25, 0.3) is 11.6 Å². The van der Waals surface area contributed by atoms with Crippen molar-refractivity contribution in [3.63, 3.8) is 0 Å². The quantitative estimate of drug-likeness (QED) is 0.517. The fraction of sp³-hybridized carbons (Fsp3) is 0. The predicted molar refractivity (Wildman–Crippen MR) is 98.2 cm³/mol. The molecule has 1 amide bonds. The summed E-state index contributed by atoms with van der Waals surface area (Å²) in [5.41, 5.74) is 0.661. The summed E-state index contributed by atoms with van der Waals surface area (Å²) in [5.74, 6) is -1.32. The number of nitro benzene ring substituents is 1. The van der Waals surface area contributed by atoms with Crippen molar-refractivity contribution in [1.82, 2.24) is 0 Å². The molecule has 0 aliphatic heterocycles. The lowest BCUT2D eigenvalue weighted by molar-refractivity contribution is -0.384. The predicted octanol–water partition coefficient (Wildman–Crippen LogP) is 4.01. The molecule has 0 heterocycles. The van der Waals surface area contributed by atoms with Crippen LogP contribution in [0.25, 0.3) is 0 Å². The first-order chi connectivity index (χ1) is 13.1. The second kappa shape index (κ2) is 7.92. The summed E-state index contributed by atoms with van der Waals surface area (Å²) in [7, 11) is 0. The van der Waals surface area contributed by atoms with Gasteiger partial charge in [-0.3, -0.25) is 14.9 Å². The maximum absolute atomic E-state index is 12.8. The molecule has 27 heavy (non-hydrogen) atoms. The van der Waals surface area contributed by atoms with E-state index >= 15 is 0 Å². The molecular formula is C20H14N2O5. The number of hydrogen-bond acceptors (Lipinski definition) is 5. The molecule has 0 saturated heterocycles. The number of benzene rings is 3. The van der Waals surface area contributed by atoms with Crippen LogP contribution in [-0.4, -0.2) is 16.8 Å². The van der Waals surface area contributed by atoms with Crippen LogP contribution in [0.2, 0.25) is 0 Å². The van der Waals surface area contributed by atoms with Crippen molar-refractivity contribution in [2.24, 2.45) is 0 Å². The number of non-ortho nitro benzene ring substituents is 1. The summed E-state index contributed by atoms with van der Waals surface area (Å²) in [4.78, 5) is 40.8. The van der Waals surface area contributed by atoms with E-state index in [1.807, 2.05) is 0 Å². The average molecular weight is 362 g/mol. The van der Waals surface area contributed by atoms with Crippen LogP contribution in [-0.2, 0) is 4.84 Å². The number of amides is 1. The molecule has 3 aromatic carbocycles. The van der Waals surface area contributed by atoms with Gasteiger partial charge in [-0.15, -0.1) is 5.06 Å². The molecule has 3 rings (SSSR count). The lowest BCUT2D eigenvalue weighted by atomic mass is 10.2. The number of para-hydroxylation sites is 1. The fourth-order valence-electron chi connectivity index (χ4n) is 2.33. The minimum atomic E-state index is -0.807. The van der Waals surface area contributed by atoms with E-state index in [9.17, 15) is 19.7 Å². The lowest BCUT2D eigenvalue weighted by Crippen LogP contribution is -2.33. The Bertz CT molecular complexity index is 957. The molecule has 0 aliphatic rings. The highest BCUT2D eigenvalue weighted by molar-refractivity contribution is 6.06. The number of nitrogens with zero attached hydrogens (tertiary/aromatic N) is 2. The summed E-state index contributed by atoms with van der Waals surface area (Å²) >= 11 is 0. The van der Waals surface area contributed by atoms with Gasteiger partial charge in [-0.05, 0) is 36.4 Å². The van der Waals surface area contributed by atoms with E-state index in [1.165, 1.54) is 24.3 Å². The van der Waals surface area contributed by atoms with Crippen LogP contribution in [0, 0.1) is 10.1 Å². The molecule has 0 spiro atoms. The number of hydroxylamine groups is 1. The van der Waals surface area contributed by atoms with E-state index < -0.39 is 16.8 Å².